The Balaban J connectivity index is 1.66. The van der Waals surface area contributed by atoms with Crippen LogP contribution in [0.4, 0.5) is 5.69 Å². The van der Waals surface area contributed by atoms with Gasteiger partial charge >= 0.3 is 0 Å². The fourth-order valence-corrected chi connectivity index (χ4v) is 6.23. The van der Waals surface area contributed by atoms with E-state index in [1.165, 1.54) is 19.1 Å². The van der Waals surface area contributed by atoms with Gasteiger partial charge in [0.25, 0.3) is 0 Å². The Morgan fingerprint density at radius 2 is 1.61 bits per heavy atom. The van der Waals surface area contributed by atoms with Gasteiger partial charge in [-0.2, -0.15) is 0 Å². The highest BCUT2D eigenvalue weighted by Crippen LogP contribution is 2.36. The van der Waals surface area contributed by atoms with Gasteiger partial charge in [0.05, 0.1) is 18.2 Å². The van der Waals surface area contributed by atoms with Crippen molar-refractivity contribution in [2.45, 2.75) is 105 Å². The van der Waals surface area contributed by atoms with Gasteiger partial charge in [-0.3, -0.25) is 8.51 Å². The molecule has 2 aliphatic heterocycles. The van der Waals surface area contributed by atoms with Crippen LogP contribution in [0.3, 0.4) is 0 Å². The quantitative estimate of drug-likeness (QED) is 0.119. The number of rotatable bonds is 9. The Kier molecular flexibility index (Phi) is 10.7. The van der Waals surface area contributed by atoms with Crippen molar-refractivity contribution in [2.24, 2.45) is 17.2 Å². The zero-order valence-corrected chi connectivity index (χ0v) is 23.0. The second-order valence-electron chi connectivity index (χ2n) is 10.6. The minimum absolute atomic E-state index is 0.149. The van der Waals surface area contributed by atoms with Gasteiger partial charge in [-0.25, -0.2) is 0 Å². The predicted molar refractivity (Wildman–Crippen MR) is 140 cm³/mol. The third-order valence-corrected chi connectivity index (χ3v) is 8.56. The van der Waals surface area contributed by atoms with Crippen molar-refractivity contribution in [1.29, 1.82) is 0 Å². The molecular formula is C24H39N4O12S-. The number of hydrogen-bond acceptors (Lipinski definition) is 15. The third kappa shape index (κ3) is 6.59. The van der Waals surface area contributed by atoms with Gasteiger partial charge in [-0.15, -0.1) is 0 Å². The monoisotopic (exact) mass is 607 g/mol. The molecule has 1 aromatic carbocycles. The number of benzene rings is 1. The summed E-state index contributed by atoms with van der Waals surface area (Å²) in [5.41, 5.74) is 18.4. The number of anilines is 1. The standard InChI is InChI=1S/C24H40N4O12S/c1-9(29)20-18(33)17(32)14(27)23(38-20)39-21-11(26)7-12(28(41(35)36)10-5-3-2-4-6-10)15(30)22(21)40-24-19(34)16(31)13(8-25)37-24/h2-6,9,11-24,29-34H,7-8,25-27H2,1H3,(H,35,36)/p-1/t9-,11?,12?,13?,14?,15?,16?,17?,18?,19?,20?,21?,22?,23?,24?/m1/s1. The van der Waals surface area contributed by atoms with Crippen LogP contribution in [0.25, 0.3) is 0 Å². The maximum atomic E-state index is 12.4. The van der Waals surface area contributed by atoms with Gasteiger partial charge in [-0.05, 0) is 25.5 Å². The molecule has 12 N–H and O–H groups in total. The molecule has 0 amide bonds. The molecule has 0 spiro atoms. The molecule has 0 aromatic heterocycles. The van der Waals surface area contributed by atoms with Crippen molar-refractivity contribution in [3.63, 3.8) is 0 Å². The third-order valence-electron chi connectivity index (χ3n) is 7.76. The van der Waals surface area contributed by atoms with Crippen LogP contribution in [0.5, 0.6) is 0 Å². The van der Waals surface area contributed by atoms with Crippen molar-refractivity contribution in [3.05, 3.63) is 30.3 Å². The van der Waals surface area contributed by atoms with E-state index in [1.54, 1.807) is 18.2 Å². The molecule has 41 heavy (non-hydrogen) atoms. The Labute approximate surface area is 238 Å². The van der Waals surface area contributed by atoms with E-state index in [-0.39, 0.29) is 18.7 Å². The first-order valence-electron chi connectivity index (χ1n) is 13.2. The number of aliphatic hydroxyl groups is 6. The van der Waals surface area contributed by atoms with Crippen LogP contribution in [-0.2, 0) is 30.2 Å². The summed E-state index contributed by atoms with van der Waals surface area (Å²) >= 11 is -2.87. The van der Waals surface area contributed by atoms with Crippen LogP contribution in [0.15, 0.2) is 30.3 Å². The molecule has 4 rings (SSSR count). The van der Waals surface area contributed by atoms with Gasteiger partial charge in [0.2, 0.25) is 0 Å². The number of aliphatic hydroxyl groups excluding tert-OH is 6. The summed E-state index contributed by atoms with van der Waals surface area (Å²) in [5.74, 6) is 0. The molecule has 3 fully saturated rings. The summed E-state index contributed by atoms with van der Waals surface area (Å²) in [6.07, 6.45) is -17.2. The van der Waals surface area contributed by atoms with Crippen molar-refractivity contribution >= 4 is 17.0 Å². The van der Waals surface area contributed by atoms with E-state index in [1.807, 2.05) is 0 Å². The van der Waals surface area contributed by atoms with Crippen LogP contribution in [0.2, 0.25) is 0 Å². The maximum Gasteiger partial charge on any atom is 0.187 e. The number of nitrogens with zero attached hydrogens (tertiary/aromatic N) is 1. The molecule has 0 bridgehead atoms. The fourth-order valence-electron chi connectivity index (χ4n) is 5.51. The van der Waals surface area contributed by atoms with Crippen LogP contribution in [0, 0.1) is 0 Å². The van der Waals surface area contributed by atoms with Crippen molar-refractivity contribution in [3.8, 4) is 0 Å². The number of nitrogens with two attached hydrogens (primary N) is 3. The predicted octanol–water partition coefficient (Wildman–Crippen LogP) is -4.92. The summed E-state index contributed by atoms with van der Waals surface area (Å²) in [6.45, 7) is 1.18. The lowest BCUT2D eigenvalue weighted by Crippen LogP contribution is -2.69. The van der Waals surface area contributed by atoms with E-state index in [0.717, 1.165) is 4.31 Å². The molecule has 2 heterocycles. The average molecular weight is 608 g/mol. The summed E-state index contributed by atoms with van der Waals surface area (Å²) in [4.78, 5) is 0. The largest absolute Gasteiger partial charge is 0.755 e. The number of hydrogen-bond donors (Lipinski definition) is 9. The first-order chi connectivity index (χ1) is 19.4. The van der Waals surface area contributed by atoms with Crippen LogP contribution < -0.4 is 21.5 Å². The maximum absolute atomic E-state index is 12.4. The second kappa shape index (κ2) is 13.5. The van der Waals surface area contributed by atoms with Crippen LogP contribution in [0.1, 0.15) is 13.3 Å². The zero-order valence-electron chi connectivity index (χ0n) is 22.2. The Bertz CT molecular complexity index is 1020. The number of ether oxygens (including phenoxy) is 4. The Hall–Kier alpha value is -1.39. The highest BCUT2D eigenvalue weighted by atomic mass is 32.2. The van der Waals surface area contributed by atoms with Crippen LogP contribution >= 0.6 is 0 Å². The summed E-state index contributed by atoms with van der Waals surface area (Å²) in [5, 5.41) is 63.2. The van der Waals surface area contributed by atoms with Crippen LogP contribution in [-0.4, -0.2) is 138 Å². The lowest BCUT2D eigenvalue weighted by molar-refractivity contribution is -0.315. The smallest absolute Gasteiger partial charge is 0.187 e. The molecule has 1 saturated carbocycles. The lowest BCUT2D eigenvalue weighted by atomic mass is 9.83. The summed E-state index contributed by atoms with van der Waals surface area (Å²) in [6, 6.07) is 4.40. The van der Waals surface area contributed by atoms with E-state index in [4.69, 9.17) is 36.1 Å². The SMILES string of the molecule is C[C@@H](O)C1OC(OC2C(N)CC(N(c3ccccc3)S(=O)[O-])C(O)C2OC2OC(CN)C(O)C2O)C(N)C(O)C1O. The van der Waals surface area contributed by atoms with Crippen molar-refractivity contribution < 1.29 is 58.3 Å². The van der Waals surface area contributed by atoms with Gasteiger partial charge in [0.15, 0.2) is 12.6 Å². The van der Waals surface area contributed by atoms with E-state index in [0.29, 0.717) is 0 Å². The minimum atomic E-state index is -2.87. The molecule has 3 aliphatic rings. The van der Waals surface area contributed by atoms with E-state index >= 15 is 0 Å². The first-order valence-corrected chi connectivity index (χ1v) is 14.3. The van der Waals surface area contributed by atoms with Gasteiger partial charge < -0.3 is 71.3 Å². The normalized spacial score (nSPS) is 44.9. The van der Waals surface area contributed by atoms with Crippen molar-refractivity contribution in [2.75, 3.05) is 10.8 Å². The molecule has 1 aliphatic carbocycles. The molecule has 234 valence electrons. The van der Waals surface area contributed by atoms with Crippen molar-refractivity contribution in [1.82, 2.24) is 0 Å². The lowest BCUT2D eigenvalue weighted by Gasteiger charge is -2.50. The topological polar surface area (TPSA) is 280 Å². The zero-order chi connectivity index (χ0) is 30.2. The molecule has 16 nitrogen and oxygen atoms in total. The van der Waals surface area contributed by atoms with Gasteiger partial charge in [0, 0.05) is 29.5 Å². The van der Waals surface area contributed by atoms with Gasteiger partial charge in [-0.1, -0.05) is 18.2 Å². The van der Waals surface area contributed by atoms with E-state index < -0.39 is 103 Å². The number of para-hydroxylation sites is 1. The molecule has 1 aromatic rings. The summed E-state index contributed by atoms with van der Waals surface area (Å²) < 4.78 is 48.8. The summed E-state index contributed by atoms with van der Waals surface area (Å²) in [7, 11) is 0. The Morgan fingerprint density at radius 3 is 2.17 bits per heavy atom. The minimum Gasteiger partial charge on any atom is -0.755 e. The molecule has 0 radical (unpaired) electrons. The van der Waals surface area contributed by atoms with E-state index in [9.17, 15) is 39.4 Å². The molecule has 17 heteroatoms. The Morgan fingerprint density at radius 1 is 0.976 bits per heavy atom. The van der Waals surface area contributed by atoms with E-state index in [2.05, 4.69) is 0 Å². The molecule has 2 saturated heterocycles. The second-order valence-corrected chi connectivity index (χ2v) is 11.4. The molecule has 15 unspecified atom stereocenters. The first kappa shape index (κ1) is 32.5. The highest BCUT2D eigenvalue weighted by molar-refractivity contribution is 7.80. The highest BCUT2D eigenvalue weighted by Gasteiger charge is 2.54. The molecular weight excluding hydrogens is 568 g/mol. The fraction of sp³-hybridized carbons (Fsp3) is 0.750. The average Bonchev–Trinajstić information content (AvgIpc) is 3.21. The van der Waals surface area contributed by atoms with Gasteiger partial charge in [0.1, 0.15) is 54.9 Å². The molecule has 16 atom stereocenters.